The molecule has 124 valence electrons. The van der Waals surface area contributed by atoms with Gasteiger partial charge in [-0.1, -0.05) is 11.6 Å². The molecule has 0 bridgehead atoms. The van der Waals surface area contributed by atoms with Crippen LogP contribution in [0, 0.1) is 6.92 Å². The van der Waals surface area contributed by atoms with E-state index in [2.05, 4.69) is 10.6 Å². The first-order valence-electron chi connectivity index (χ1n) is 7.63. The zero-order valence-corrected chi connectivity index (χ0v) is 13.9. The minimum atomic E-state index is -0.244. The van der Waals surface area contributed by atoms with E-state index in [1.165, 1.54) is 0 Å². The highest BCUT2D eigenvalue weighted by Crippen LogP contribution is 2.27. The molecule has 2 N–H and O–H groups in total. The minimum Gasteiger partial charge on any atom is -0.484 e. The summed E-state index contributed by atoms with van der Waals surface area (Å²) in [5.41, 5.74) is 3.42. The number of fused-ring (bicyclic) bond motifs is 1. The van der Waals surface area contributed by atoms with Crippen LogP contribution in [-0.4, -0.2) is 18.4 Å². The fraction of sp³-hybridized carbons (Fsp3) is 0.222. The average Bonchev–Trinajstić information content (AvgIpc) is 2.55. The molecule has 24 heavy (non-hydrogen) atoms. The molecule has 2 aromatic carbocycles. The molecule has 1 aliphatic rings. The molecule has 2 amide bonds. The molecule has 0 unspecified atom stereocenters. The number of amides is 2. The number of carbonyl (C=O) groups is 2. The first-order valence-corrected chi connectivity index (χ1v) is 8.00. The minimum absolute atomic E-state index is 0.0221. The number of aryl methyl sites for hydroxylation is 2. The van der Waals surface area contributed by atoms with Crippen LogP contribution in [0.2, 0.25) is 5.02 Å². The van der Waals surface area contributed by atoms with Gasteiger partial charge in [0.05, 0.1) is 0 Å². The Balaban J connectivity index is 1.59. The molecular weight excluding hydrogens is 328 g/mol. The maximum absolute atomic E-state index is 12.0. The highest BCUT2D eigenvalue weighted by atomic mass is 35.5. The van der Waals surface area contributed by atoms with Crippen molar-refractivity contribution in [1.82, 2.24) is 0 Å². The standard InChI is InChI=1S/C18H17ClN2O3/c1-11-8-13(19)3-5-15(11)20-18(23)10-24-14-4-6-16-12(9-14)2-7-17(22)21-16/h3-6,8-9H,2,7,10H2,1H3,(H,20,23)(H,21,22). The van der Waals surface area contributed by atoms with Gasteiger partial charge >= 0.3 is 0 Å². The topological polar surface area (TPSA) is 67.4 Å². The second kappa shape index (κ2) is 6.93. The van der Waals surface area contributed by atoms with E-state index in [0.29, 0.717) is 29.3 Å². The van der Waals surface area contributed by atoms with Crippen molar-refractivity contribution in [3.63, 3.8) is 0 Å². The van der Waals surface area contributed by atoms with Crippen molar-refractivity contribution in [2.24, 2.45) is 0 Å². The van der Waals surface area contributed by atoms with Gasteiger partial charge in [0.2, 0.25) is 5.91 Å². The third kappa shape index (κ3) is 3.86. The summed E-state index contributed by atoms with van der Waals surface area (Å²) in [5, 5.41) is 6.23. The summed E-state index contributed by atoms with van der Waals surface area (Å²) in [5.74, 6) is 0.383. The number of ether oxygens (including phenoxy) is 1. The van der Waals surface area contributed by atoms with Crippen LogP contribution in [0.4, 0.5) is 11.4 Å². The molecule has 1 aliphatic heterocycles. The van der Waals surface area contributed by atoms with Crippen molar-refractivity contribution in [3.05, 3.63) is 52.5 Å². The number of hydrogen-bond donors (Lipinski definition) is 2. The summed E-state index contributed by atoms with van der Waals surface area (Å²) in [6.07, 6.45) is 1.14. The monoisotopic (exact) mass is 344 g/mol. The smallest absolute Gasteiger partial charge is 0.262 e. The lowest BCUT2D eigenvalue weighted by Crippen LogP contribution is -2.21. The Morgan fingerprint density at radius 2 is 2.08 bits per heavy atom. The Labute approximate surface area is 145 Å². The van der Waals surface area contributed by atoms with E-state index in [9.17, 15) is 9.59 Å². The van der Waals surface area contributed by atoms with Crippen LogP contribution in [0.25, 0.3) is 0 Å². The number of halogens is 1. The molecule has 0 aliphatic carbocycles. The van der Waals surface area contributed by atoms with Gasteiger partial charge in [-0.25, -0.2) is 0 Å². The van der Waals surface area contributed by atoms with E-state index in [1.54, 1.807) is 30.3 Å². The van der Waals surface area contributed by atoms with E-state index >= 15 is 0 Å². The summed E-state index contributed by atoms with van der Waals surface area (Å²) in [4.78, 5) is 23.4. The van der Waals surface area contributed by atoms with Gasteiger partial charge in [-0.3, -0.25) is 9.59 Å². The lowest BCUT2D eigenvalue weighted by Gasteiger charge is -2.17. The third-order valence-electron chi connectivity index (χ3n) is 3.80. The maximum atomic E-state index is 12.0. The number of nitrogens with one attached hydrogen (secondary N) is 2. The van der Waals surface area contributed by atoms with Crippen molar-refractivity contribution < 1.29 is 14.3 Å². The van der Waals surface area contributed by atoms with E-state index in [0.717, 1.165) is 16.8 Å². The lowest BCUT2D eigenvalue weighted by molar-refractivity contribution is -0.118. The van der Waals surface area contributed by atoms with E-state index in [4.69, 9.17) is 16.3 Å². The Hall–Kier alpha value is -2.53. The quantitative estimate of drug-likeness (QED) is 0.891. The molecule has 0 fully saturated rings. The van der Waals surface area contributed by atoms with Gasteiger partial charge in [0, 0.05) is 22.8 Å². The first kappa shape index (κ1) is 16.3. The largest absolute Gasteiger partial charge is 0.484 e. The predicted molar refractivity (Wildman–Crippen MR) is 93.7 cm³/mol. The van der Waals surface area contributed by atoms with Crippen LogP contribution in [0.1, 0.15) is 17.5 Å². The highest BCUT2D eigenvalue weighted by Gasteiger charge is 2.15. The Bertz CT molecular complexity index is 805. The fourth-order valence-electron chi connectivity index (χ4n) is 2.55. The zero-order chi connectivity index (χ0) is 17.1. The zero-order valence-electron chi connectivity index (χ0n) is 13.2. The molecule has 6 heteroatoms. The van der Waals surface area contributed by atoms with Crippen molar-refractivity contribution >= 4 is 34.8 Å². The van der Waals surface area contributed by atoms with Crippen LogP contribution in [0.5, 0.6) is 5.75 Å². The van der Waals surface area contributed by atoms with Gasteiger partial charge < -0.3 is 15.4 Å². The fourth-order valence-corrected chi connectivity index (χ4v) is 2.78. The highest BCUT2D eigenvalue weighted by molar-refractivity contribution is 6.30. The molecule has 0 saturated carbocycles. The third-order valence-corrected chi connectivity index (χ3v) is 4.04. The van der Waals surface area contributed by atoms with E-state index in [1.807, 2.05) is 13.0 Å². The van der Waals surface area contributed by atoms with E-state index < -0.39 is 0 Å². The summed E-state index contributed by atoms with van der Waals surface area (Å²) in [7, 11) is 0. The number of rotatable bonds is 4. The normalized spacial score (nSPS) is 13.0. The molecule has 1 heterocycles. The van der Waals surface area contributed by atoms with Crippen molar-refractivity contribution in [2.75, 3.05) is 17.2 Å². The Morgan fingerprint density at radius 1 is 1.25 bits per heavy atom. The Kier molecular flexibility index (Phi) is 4.71. The molecule has 0 atom stereocenters. The van der Waals surface area contributed by atoms with Gasteiger partial charge in [0.25, 0.3) is 5.91 Å². The summed E-state index contributed by atoms with van der Waals surface area (Å²) in [6.45, 7) is 1.79. The molecule has 5 nitrogen and oxygen atoms in total. The number of anilines is 2. The maximum Gasteiger partial charge on any atom is 0.262 e. The average molecular weight is 345 g/mol. The van der Waals surface area contributed by atoms with Crippen molar-refractivity contribution in [1.29, 1.82) is 0 Å². The summed E-state index contributed by atoms with van der Waals surface area (Å²) >= 11 is 5.90. The molecule has 0 spiro atoms. The molecule has 0 saturated heterocycles. The van der Waals surface area contributed by atoms with Gasteiger partial charge in [0.15, 0.2) is 6.61 Å². The molecular formula is C18H17ClN2O3. The van der Waals surface area contributed by atoms with Gasteiger partial charge in [-0.05, 0) is 60.9 Å². The first-order chi connectivity index (χ1) is 11.5. The lowest BCUT2D eigenvalue weighted by atomic mass is 10.0. The SMILES string of the molecule is Cc1cc(Cl)ccc1NC(=O)COc1ccc2c(c1)CCC(=O)N2. The predicted octanol–water partition coefficient (Wildman–Crippen LogP) is 3.55. The van der Waals surface area contributed by atoms with Crippen LogP contribution in [0.15, 0.2) is 36.4 Å². The van der Waals surface area contributed by atoms with E-state index in [-0.39, 0.29) is 18.4 Å². The van der Waals surface area contributed by atoms with Crippen LogP contribution in [-0.2, 0) is 16.0 Å². The molecule has 3 rings (SSSR count). The van der Waals surface area contributed by atoms with Gasteiger partial charge in [-0.15, -0.1) is 0 Å². The van der Waals surface area contributed by atoms with Crippen LogP contribution in [0.3, 0.4) is 0 Å². The molecule has 2 aromatic rings. The molecule has 0 aromatic heterocycles. The van der Waals surface area contributed by atoms with Gasteiger partial charge in [-0.2, -0.15) is 0 Å². The Morgan fingerprint density at radius 3 is 2.88 bits per heavy atom. The van der Waals surface area contributed by atoms with Crippen LogP contribution >= 0.6 is 11.6 Å². The second-order valence-electron chi connectivity index (χ2n) is 5.66. The van der Waals surface area contributed by atoms with Crippen LogP contribution < -0.4 is 15.4 Å². The summed E-state index contributed by atoms with van der Waals surface area (Å²) < 4.78 is 5.55. The molecule has 0 radical (unpaired) electrons. The number of hydrogen-bond acceptors (Lipinski definition) is 3. The van der Waals surface area contributed by atoms with Crippen molar-refractivity contribution in [3.8, 4) is 5.75 Å². The second-order valence-corrected chi connectivity index (χ2v) is 6.10. The number of carbonyl (C=O) groups excluding carboxylic acids is 2. The summed E-state index contributed by atoms with van der Waals surface area (Å²) in [6, 6.07) is 10.7. The van der Waals surface area contributed by atoms with Crippen molar-refractivity contribution in [2.45, 2.75) is 19.8 Å². The van der Waals surface area contributed by atoms with Gasteiger partial charge in [0.1, 0.15) is 5.75 Å². The number of benzene rings is 2.